The summed E-state index contributed by atoms with van der Waals surface area (Å²) in [4.78, 5) is 11.2. The van der Waals surface area contributed by atoms with Gasteiger partial charge in [0.2, 0.25) is 10.0 Å². The van der Waals surface area contributed by atoms with E-state index < -0.39 is 16.0 Å². The van der Waals surface area contributed by atoms with Crippen LogP contribution < -0.4 is 4.74 Å². The minimum Gasteiger partial charge on any atom is -0.495 e. The van der Waals surface area contributed by atoms with Gasteiger partial charge < -0.3 is 9.47 Å². The van der Waals surface area contributed by atoms with E-state index in [2.05, 4.69) is 4.74 Å². The number of ether oxygens (including phenoxy) is 2. The van der Waals surface area contributed by atoms with Crippen LogP contribution in [-0.4, -0.2) is 46.0 Å². The third-order valence-electron chi connectivity index (χ3n) is 2.63. The predicted molar refractivity (Wildman–Crippen MR) is 74.5 cm³/mol. The van der Waals surface area contributed by atoms with Crippen molar-refractivity contribution in [3.8, 4) is 5.75 Å². The summed E-state index contributed by atoms with van der Waals surface area (Å²) in [6.07, 6.45) is 0. The maximum absolute atomic E-state index is 12.5. The number of esters is 1. The number of hydrogen-bond donors (Lipinski definition) is 0. The zero-order chi connectivity index (χ0) is 15.3. The molecule has 0 unspecified atom stereocenters. The molecule has 0 aliphatic carbocycles. The molecule has 0 bridgehead atoms. The average Bonchev–Trinajstić information content (AvgIpc) is 2.43. The van der Waals surface area contributed by atoms with E-state index in [1.54, 1.807) is 6.92 Å². The first-order valence-corrected chi connectivity index (χ1v) is 7.59. The summed E-state index contributed by atoms with van der Waals surface area (Å²) in [5, 5.41) is 0.358. The fourth-order valence-electron chi connectivity index (χ4n) is 1.57. The van der Waals surface area contributed by atoms with Crippen molar-refractivity contribution in [2.45, 2.75) is 11.8 Å². The molecule has 1 rings (SSSR count). The smallest absolute Gasteiger partial charge is 0.321 e. The Labute approximate surface area is 123 Å². The molecule has 0 radical (unpaired) electrons. The number of benzene rings is 1. The zero-order valence-electron chi connectivity index (χ0n) is 11.4. The second-order valence-electron chi connectivity index (χ2n) is 3.80. The van der Waals surface area contributed by atoms with Crippen molar-refractivity contribution in [1.29, 1.82) is 0 Å². The van der Waals surface area contributed by atoms with Crippen molar-refractivity contribution < 1.29 is 22.7 Å². The van der Waals surface area contributed by atoms with Gasteiger partial charge in [0, 0.05) is 17.6 Å². The van der Waals surface area contributed by atoms with Gasteiger partial charge in [-0.05, 0) is 12.1 Å². The molecule has 0 N–H and O–H groups in total. The van der Waals surface area contributed by atoms with Crippen LogP contribution in [0.1, 0.15) is 6.92 Å². The van der Waals surface area contributed by atoms with Gasteiger partial charge in [0.1, 0.15) is 17.2 Å². The molecule has 8 heteroatoms. The molecule has 0 heterocycles. The molecule has 6 nitrogen and oxygen atoms in total. The number of sulfonamides is 1. The molecule has 0 saturated heterocycles. The van der Waals surface area contributed by atoms with Crippen LogP contribution in [0, 0.1) is 0 Å². The van der Waals surface area contributed by atoms with E-state index in [1.807, 2.05) is 0 Å². The summed E-state index contributed by atoms with van der Waals surface area (Å²) in [5.74, 6) is -0.510. The maximum atomic E-state index is 12.5. The number of nitrogens with zero attached hydrogens (tertiary/aromatic N) is 1. The molecule has 0 amide bonds. The van der Waals surface area contributed by atoms with E-state index in [0.29, 0.717) is 5.02 Å². The Balaban J connectivity index is 3.23. The lowest BCUT2D eigenvalue weighted by molar-refractivity contribution is -0.140. The lowest BCUT2D eigenvalue weighted by atomic mass is 10.3. The largest absolute Gasteiger partial charge is 0.495 e. The highest BCUT2D eigenvalue weighted by atomic mass is 35.5. The summed E-state index contributed by atoms with van der Waals surface area (Å²) < 4.78 is 35.5. The fourth-order valence-corrected chi connectivity index (χ4v) is 3.26. The third-order valence-corrected chi connectivity index (χ3v) is 4.82. The summed E-state index contributed by atoms with van der Waals surface area (Å²) in [7, 11) is -1.32. The Morgan fingerprint density at radius 2 is 2.00 bits per heavy atom. The molecular formula is C12H16ClNO5S. The van der Waals surface area contributed by atoms with Crippen molar-refractivity contribution in [3.63, 3.8) is 0 Å². The van der Waals surface area contributed by atoms with Gasteiger partial charge in [0.15, 0.2) is 0 Å². The Hall–Kier alpha value is -1.31. The molecule has 0 fully saturated rings. The van der Waals surface area contributed by atoms with Crippen molar-refractivity contribution in [1.82, 2.24) is 4.31 Å². The number of methoxy groups -OCH3 is 2. The molecule has 0 spiro atoms. The second-order valence-corrected chi connectivity index (χ2v) is 6.15. The van der Waals surface area contributed by atoms with Crippen LogP contribution in [-0.2, 0) is 19.6 Å². The van der Waals surface area contributed by atoms with Crippen LogP contribution in [0.4, 0.5) is 0 Å². The van der Waals surface area contributed by atoms with Gasteiger partial charge in [-0.2, -0.15) is 4.31 Å². The van der Waals surface area contributed by atoms with E-state index in [4.69, 9.17) is 16.3 Å². The Morgan fingerprint density at radius 3 is 2.50 bits per heavy atom. The van der Waals surface area contributed by atoms with Gasteiger partial charge in [-0.3, -0.25) is 4.79 Å². The van der Waals surface area contributed by atoms with Crippen LogP contribution in [0.5, 0.6) is 5.75 Å². The zero-order valence-corrected chi connectivity index (χ0v) is 13.0. The number of carbonyl (C=O) groups excluding carboxylic acids is 1. The van der Waals surface area contributed by atoms with Crippen molar-refractivity contribution >= 4 is 27.6 Å². The second kappa shape index (κ2) is 6.92. The molecule has 20 heavy (non-hydrogen) atoms. The van der Waals surface area contributed by atoms with Gasteiger partial charge in [-0.25, -0.2) is 8.42 Å². The summed E-state index contributed by atoms with van der Waals surface area (Å²) >= 11 is 5.80. The van der Waals surface area contributed by atoms with Gasteiger partial charge in [-0.1, -0.05) is 18.5 Å². The van der Waals surface area contributed by atoms with Gasteiger partial charge in [-0.15, -0.1) is 0 Å². The lowest BCUT2D eigenvalue weighted by Gasteiger charge is -2.20. The number of hydrogen-bond acceptors (Lipinski definition) is 5. The monoisotopic (exact) mass is 321 g/mol. The molecule has 0 atom stereocenters. The van der Waals surface area contributed by atoms with Crippen molar-refractivity contribution in [2.24, 2.45) is 0 Å². The quantitative estimate of drug-likeness (QED) is 0.743. The van der Waals surface area contributed by atoms with Crippen molar-refractivity contribution in [2.75, 3.05) is 27.3 Å². The molecule has 0 aromatic heterocycles. The van der Waals surface area contributed by atoms with E-state index in [9.17, 15) is 13.2 Å². The number of likely N-dealkylation sites (N-methyl/N-ethyl adjacent to an activating group) is 1. The number of halogens is 1. The normalized spacial score (nSPS) is 11.4. The van der Waals surface area contributed by atoms with Crippen LogP contribution in [0.2, 0.25) is 5.02 Å². The summed E-state index contributed by atoms with van der Waals surface area (Å²) in [5.41, 5.74) is 0. The van der Waals surface area contributed by atoms with E-state index in [0.717, 1.165) is 4.31 Å². The van der Waals surface area contributed by atoms with Crippen LogP contribution in [0.15, 0.2) is 23.1 Å². The highest BCUT2D eigenvalue weighted by molar-refractivity contribution is 7.89. The maximum Gasteiger partial charge on any atom is 0.321 e. The SMILES string of the molecule is CCN(CC(=O)OC)S(=O)(=O)c1ccc(Cl)cc1OC. The topological polar surface area (TPSA) is 72.9 Å². The molecule has 1 aromatic rings. The summed E-state index contributed by atoms with van der Waals surface area (Å²) in [6, 6.07) is 4.19. The first-order chi connectivity index (χ1) is 9.36. The molecule has 0 aliphatic rings. The Bertz CT molecular complexity index is 588. The predicted octanol–water partition coefficient (Wildman–Crippen LogP) is 1.53. The number of rotatable bonds is 6. The highest BCUT2D eigenvalue weighted by Crippen LogP contribution is 2.29. The molecule has 112 valence electrons. The average molecular weight is 322 g/mol. The van der Waals surface area contributed by atoms with Crippen LogP contribution >= 0.6 is 11.6 Å². The first-order valence-electron chi connectivity index (χ1n) is 5.77. The molecule has 0 aliphatic heterocycles. The van der Waals surface area contributed by atoms with Crippen LogP contribution in [0.3, 0.4) is 0 Å². The lowest BCUT2D eigenvalue weighted by Crippen LogP contribution is -2.36. The van der Waals surface area contributed by atoms with Gasteiger partial charge in [0.25, 0.3) is 0 Å². The number of carbonyl (C=O) groups is 1. The summed E-state index contributed by atoms with van der Waals surface area (Å²) in [6.45, 7) is 1.40. The van der Waals surface area contributed by atoms with Gasteiger partial charge >= 0.3 is 5.97 Å². The van der Waals surface area contributed by atoms with Gasteiger partial charge in [0.05, 0.1) is 14.2 Å². The van der Waals surface area contributed by atoms with E-state index in [-0.39, 0.29) is 23.7 Å². The van der Waals surface area contributed by atoms with E-state index >= 15 is 0 Å². The van der Waals surface area contributed by atoms with Crippen LogP contribution in [0.25, 0.3) is 0 Å². The van der Waals surface area contributed by atoms with E-state index in [1.165, 1.54) is 32.4 Å². The van der Waals surface area contributed by atoms with Crippen molar-refractivity contribution in [3.05, 3.63) is 23.2 Å². The first kappa shape index (κ1) is 16.7. The molecular weight excluding hydrogens is 306 g/mol. The minimum atomic E-state index is -3.87. The Kier molecular flexibility index (Phi) is 5.79. The minimum absolute atomic E-state index is 0.0462. The third kappa shape index (κ3) is 3.62. The standard InChI is InChI=1S/C12H16ClNO5S/c1-4-14(8-12(15)19-3)20(16,17)11-6-5-9(13)7-10(11)18-2/h5-7H,4,8H2,1-3H3. The molecule has 0 saturated carbocycles. The Morgan fingerprint density at radius 1 is 1.35 bits per heavy atom. The molecule has 1 aromatic carbocycles. The fraction of sp³-hybridized carbons (Fsp3) is 0.417. The highest BCUT2D eigenvalue weighted by Gasteiger charge is 2.28.